The van der Waals surface area contributed by atoms with Crippen LogP contribution >= 0.6 is 11.3 Å². The van der Waals surface area contributed by atoms with Gasteiger partial charge < -0.3 is 20.3 Å². The Bertz CT molecular complexity index is 883. The third-order valence-corrected chi connectivity index (χ3v) is 5.73. The fraction of sp³-hybridized carbons (Fsp3) is 0.333. The monoisotopic (exact) mass is 375 g/mol. The van der Waals surface area contributed by atoms with Crippen LogP contribution < -0.4 is 10.6 Å². The molecule has 0 aliphatic carbocycles. The van der Waals surface area contributed by atoms with Crippen LogP contribution in [0.15, 0.2) is 24.3 Å². The maximum absolute atomic E-state index is 14.1. The lowest BCUT2D eigenvalue weighted by Crippen LogP contribution is -2.40. The highest BCUT2D eigenvalue weighted by Crippen LogP contribution is 2.41. The van der Waals surface area contributed by atoms with E-state index in [4.69, 9.17) is 4.74 Å². The number of rotatable bonds is 2. The zero-order valence-electron chi connectivity index (χ0n) is 14.2. The van der Waals surface area contributed by atoms with Crippen LogP contribution in [-0.4, -0.2) is 30.1 Å². The second-order valence-corrected chi connectivity index (χ2v) is 7.26. The summed E-state index contributed by atoms with van der Waals surface area (Å²) in [6.07, 6.45) is -0.358. The maximum Gasteiger partial charge on any atom is 0.410 e. The van der Waals surface area contributed by atoms with Gasteiger partial charge in [0.25, 0.3) is 5.91 Å². The van der Waals surface area contributed by atoms with Crippen molar-refractivity contribution in [2.45, 2.75) is 26.1 Å². The van der Waals surface area contributed by atoms with E-state index in [0.717, 1.165) is 15.4 Å². The molecule has 2 N–H and O–H groups in total. The number of carbonyl (C=O) groups is 2. The number of hydrogen-bond acceptors (Lipinski definition) is 5. The molecule has 2 amide bonds. The Labute approximate surface area is 153 Å². The third kappa shape index (κ3) is 2.80. The van der Waals surface area contributed by atoms with Crippen molar-refractivity contribution in [3.05, 3.63) is 51.7 Å². The van der Waals surface area contributed by atoms with E-state index in [1.54, 1.807) is 30.0 Å². The number of thiophene rings is 1. The first kappa shape index (κ1) is 16.8. The van der Waals surface area contributed by atoms with E-state index < -0.39 is 6.17 Å². The molecule has 0 saturated heterocycles. The van der Waals surface area contributed by atoms with Crippen molar-refractivity contribution in [2.75, 3.05) is 18.5 Å². The van der Waals surface area contributed by atoms with Gasteiger partial charge in [0.05, 0.1) is 18.7 Å². The molecule has 6 nitrogen and oxygen atoms in total. The molecule has 1 aromatic carbocycles. The molecule has 0 fully saturated rings. The SMILES string of the molecule is CCOC(=O)N1CCc2c(sc3c2C(=O)N[C@@H](c2ccccc2F)N3)C1. The fourth-order valence-corrected chi connectivity index (χ4v) is 4.64. The quantitative estimate of drug-likeness (QED) is 0.845. The molecular formula is C18H18FN3O3S. The second kappa shape index (κ2) is 6.60. The Kier molecular flexibility index (Phi) is 4.28. The molecule has 0 radical (unpaired) electrons. The predicted octanol–water partition coefficient (Wildman–Crippen LogP) is 3.26. The molecule has 4 rings (SSSR count). The van der Waals surface area contributed by atoms with Gasteiger partial charge in [0, 0.05) is 17.0 Å². The van der Waals surface area contributed by atoms with Crippen molar-refractivity contribution in [3.63, 3.8) is 0 Å². The minimum Gasteiger partial charge on any atom is -0.450 e. The molecule has 1 aromatic heterocycles. The van der Waals surface area contributed by atoms with Gasteiger partial charge in [0.1, 0.15) is 17.0 Å². The molecule has 26 heavy (non-hydrogen) atoms. The highest BCUT2D eigenvalue weighted by atomic mass is 32.1. The van der Waals surface area contributed by atoms with Crippen LogP contribution in [0.4, 0.5) is 14.2 Å². The minimum absolute atomic E-state index is 0.214. The molecule has 0 spiro atoms. The van der Waals surface area contributed by atoms with Gasteiger partial charge in [0.15, 0.2) is 0 Å². The number of hydrogen-bond donors (Lipinski definition) is 2. The summed E-state index contributed by atoms with van der Waals surface area (Å²) in [5.41, 5.74) is 1.97. The van der Waals surface area contributed by atoms with Gasteiger partial charge in [-0.3, -0.25) is 4.79 Å². The maximum atomic E-state index is 14.1. The molecule has 0 bridgehead atoms. The van der Waals surface area contributed by atoms with Crippen molar-refractivity contribution in [2.24, 2.45) is 0 Å². The smallest absolute Gasteiger partial charge is 0.410 e. The van der Waals surface area contributed by atoms with Crippen molar-refractivity contribution in [1.82, 2.24) is 10.2 Å². The van der Waals surface area contributed by atoms with Crippen molar-refractivity contribution < 1.29 is 18.7 Å². The Hall–Kier alpha value is -2.61. The Morgan fingerprint density at radius 3 is 2.96 bits per heavy atom. The van der Waals surface area contributed by atoms with Gasteiger partial charge in [-0.15, -0.1) is 11.3 Å². The first-order chi connectivity index (χ1) is 12.6. The van der Waals surface area contributed by atoms with Crippen LogP contribution in [-0.2, 0) is 17.7 Å². The number of fused-ring (bicyclic) bond motifs is 3. The van der Waals surface area contributed by atoms with Crippen molar-refractivity contribution >= 4 is 28.3 Å². The number of carbonyl (C=O) groups excluding carboxylic acids is 2. The number of nitrogens with one attached hydrogen (secondary N) is 2. The first-order valence-corrected chi connectivity index (χ1v) is 9.28. The van der Waals surface area contributed by atoms with Gasteiger partial charge in [-0.05, 0) is 25.0 Å². The third-order valence-electron chi connectivity index (χ3n) is 4.58. The normalized spacial score (nSPS) is 18.5. The first-order valence-electron chi connectivity index (χ1n) is 8.46. The van der Waals surface area contributed by atoms with E-state index in [9.17, 15) is 14.0 Å². The van der Waals surface area contributed by atoms with Gasteiger partial charge in [0.2, 0.25) is 0 Å². The van der Waals surface area contributed by atoms with E-state index in [1.807, 2.05) is 0 Å². The van der Waals surface area contributed by atoms with E-state index >= 15 is 0 Å². The summed E-state index contributed by atoms with van der Waals surface area (Å²) in [6, 6.07) is 6.37. The molecular weight excluding hydrogens is 357 g/mol. The van der Waals surface area contributed by atoms with Crippen LogP contribution in [0, 0.1) is 5.82 Å². The number of nitrogens with zero attached hydrogens (tertiary/aromatic N) is 1. The van der Waals surface area contributed by atoms with Gasteiger partial charge in [-0.1, -0.05) is 18.2 Å². The standard InChI is InChI=1S/C18H18FN3O3S/c1-2-25-18(24)22-8-7-11-13(9-22)26-17-14(11)16(23)20-15(21-17)10-5-3-4-6-12(10)19/h3-6,15,21H,2,7-9H2,1H3,(H,20,23)/t15-/m1/s1. The van der Waals surface area contributed by atoms with Gasteiger partial charge in [-0.25, -0.2) is 9.18 Å². The topological polar surface area (TPSA) is 70.7 Å². The van der Waals surface area contributed by atoms with Crippen LogP contribution in [0.1, 0.15) is 39.5 Å². The van der Waals surface area contributed by atoms with E-state index in [1.165, 1.54) is 17.4 Å². The lowest BCUT2D eigenvalue weighted by Gasteiger charge is -2.28. The fourth-order valence-electron chi connectivity index (χ4n) is 3.35. The lowest BCUT2D eigenvalue weighted by atomic mass is 10.0. The lowest BCUT2D eigenvalue weighted by molar-refractivity contribution is 0.0933. The minimum atomic E-state index is -0.613. The van der Waals surface area contributed by atoms with Crippen LogP contribution in [0.25, 0.3) is 0 Å². The molecule has 8 heteroatoms. The van der Waals surface area contributed by atoms with Crippen LogP contribution in [0.5, 0.6) is 0 Å². The summed E-state index contributed by atoms with van der Waals surface area (Å²) in [4.78, 5) is 27.2. The number of amides is 2. The van der Waals surface area contributed by atoms with Gasteiger partial charge >= 0.3 is 6.09 Å². The van der Waals surface area contributed by atoms with Gasteiger partial charge in [-0.2, -0.15) is 0 Å². The average Bonchev–Trinajstić information content (AvgIpc) is 3.00. The summed E-state index contributed by atoms with van der Waals surface area (Å²) < 4.78 is 19.1. The zero-order chi connectivity index (χ0) is 18.3. The molecule has 2 aromatic rings. The number of benzene rings is 1. The Morgan fingerprint density at radius 2 is 2.19 bits per heavy atom. The summed E-state index contributed by atoms with van der Waals surface area (Å²) in [5, 5.41) is 6.77. The molecule has 136 valence electrons. The predicted molar refractivity (Wildman–Crippen MR) is 95.7 cm³/mol. The van der Waals surface area contributed by atoms with Crippen LogP contribution in [0.2, 0.25) is 0 Å². The highest BCUT2D eigenvalue weighted by molar-refractivity contribution is 7.16. The largest absolute Gasteiger partial charge is 0.450 e. The molecule has 0 saturated carbocycles. The number of ether oxygens (including phenoxy) is 1. The Morgan fingerprint density at radius 1 is 1.38 bits per heavy atom. The molecule has 3 heterocycles. The van der Waals surface area contributed by atoms with Crippen molar-refractivity contribution in [1.29, 1.82) is 0 Å². The van der Waals surface area contributed by atoms with Crippen molar-refractivity contribution in [3.8, 4) is 0 Å². The van der Waals surface area contributed by atoms with Crippen LogP contribution in [0.3, 0.4) is 0 Å². The van der Waals surface area contributed by atoms with E-state index in [2.05, 4.69) is 10.6 Å². The summed E-state index contributed by atoms with van der Waals surface area (Å²) in [7, 11) is 0. The second-order valence-electron chi connectivity index (χ2n) is 6.15. The molecule has 0 unspecified atom stereocenters. The average molecular weight is 375 g/mol. The summed E-state index contributed by atoms with van der Waals surface area (Å²) in [6.45, 7) is 3.04. The summed E-state index contributed by atoms with van der Waals surface area (Å²) in [5.74, 6) is -0.586. The number of halogens is 1. The summed E-state index contributed by atoms with van der Waals surface area (Å²) >= 11 is 1.44. The highest BCUT2D eigenvalue weighted by Gasteiger charge is 2.35. The zero-order valence-corrected chi connectivity index (χ0v) is 15.0. The molecule has 2 aliphatic rings. The molecule has 2 aliphatic heterocycles. The van der Waals surface area contributed by atoms with E-state index in [-0.39, 0.29) is 17.8 Å². The number of anilines is 1. The van der Waals surface area contributed by atoms with E-state index in [0.29, 0.717) is 37.2 Å². The Balaban J connectivity index is 1.62. The molecule has 1 atom stereocenters.